The van der Waals surface area contributed by atoms with Gasteiger partial charge in [0, 0.05) is 22.3 Å². The van der Waals surface area contributed by atoms with Crippen molar-refractivity contribution in [3.8, 4) is 56.2 Å². The fourth-order valence-electron chi connectivity index (χ4n) is 5.74. The normalized spacial score (nSPS) is 11.3. The quantitative estimate of drug-likeness (QED) is 0.198. The van der Waals surface area contributed by atoms with Crippen molar-refractivity contribution in [1.29, 1.82) is 0 Å². The average Bonchev–Trinajstić information content (AvgIpc) is 3.11. The minimum Gasteiger partial charge on any atom is -0.244 e. The van der Waals surface area contributed by atoms with E-state index >= 15 is 0 Å². The van der Waals surface area contributed by atoms with Crippen molar-refractivity contribution < 1.29 is 8.78 Å². The first kappa shape index (κ1) is 27.4. The van der Waals surface area contributed by atoms with E-state index < -0.39 is 0 Å². The predicted octanol–water partition coefficient (Wildman–Crippen LogP) is 10.2. The smallest absolute Gasteiger partial charge is 0.123 e. The van der Waals surface area contributed by atoms with Crippen LogP contribution in [0.25, 0.3) is 78.2 Å². The highest BCUT2D eigenvalue weighted by atomic mass is 19.1. The largest absolute Gasteiger partial charge is 0.244 e. The highest BCUT2D eigenvalue weighted by Gasteiger charge is 2.17. The number of fused-ring (bicyclic) bond motifs is 2. The Morgan fingerprint density at radius 2 is 0.652 bits per heavy atom. The van der Waals surface area contributed by atoms with E-state index in [9.17, 15) is 8.78 Å². The van der Waals surface area contributed by atoms with Crippen molar-refractivity contribution in [1.82, 2.24) is 19.9 Å². The molecule has 2 heterocycles. The lowest BCUT2D eigenvalue weighted by Gasteiger charge is -2.13. The van der Waals surface area contributed by atoms with Crippen molar-refractivity contribution in [3.63, 3.8) is 0 Å². The summed E-state index contributed by atoms with van der Waals surface area (Å²) in [7, 11) is 0. The van der Waals surface area contributed by atoms with E-state index in [1.165, 1.54) is 24.3 Å². The zero-order chi connectivity index (χ0) is 31.0. The molecule has 4 nitrogen and oxygen atoms in total. The van der Waals surface area contributed by atoms with Crippen LogP contribution in [0.15, 0.2) is 146 Å². The Balaban J connectivity index is 1.27. The maximum Gasteiger partial charge on any atom is 0.123 e. The first-order chi connectivity index (χ1) is 22.6. The fraction of sp³-hybridized carbons (Fsp3) is 0. The van der Waals surface area contributed by atoms with Gasteiger partial charge in [-0.15, -0.1) is 0 Å². The fourth-order valence-corrected chi connectivity index (χ4v) is 5.74. The Hall–Kier alpha value is -6.14. The minimum atomic E-state index is -0.333. The highest BCUT2D eigenvalue weighted by Crippen LogP contribution is 2.35. The molecule has 0 N–H and O–H groups in total. The van der Waals surface area contributed by atoms with Gasteiger partial charge in [-0.2, -0.15) is 0 Å². The van der Waals surface area contributed by atoms with Crippen molar-refractivity contribution in [2.45, 2.75) is 0 Å². The summed E-state index contributed by atoms with van der Waals surface area (Å²) in [6, 6.07) is 44.4. The van der Waals surface area contributed by atoms with Gasteiger partial charge in [-0.3, -0.25) is 0 Å². The summed E-state index contributed by atoms with van der Waals surface area (Å²) >= 11 is 0. The second-order valence-corrected chi connectivity index (χ2v) is 11.0. The maximum atomic E-state index is 14.3. The van der Waals surface area contributed by atoms with E-state index in [1.807, 2.05) is 109 Å². The lowest BCUT2D eigenvalue weighted by molar-refractivity contribution is 0.628. The molecule has 0 saturated heterocycles. The van der Waals surface area contributed by atoms with Crippen LogP contribution in [0, 0.1) is 11.6 Å². The van der Waals surface area contributed by atoms with Crippen molar-refractivity contribution in [2.75, 3.05) is 0 Å². The van der Waals surface area contributed by atoms with Crippen LogP contribution in [0.5, 0.6) is 0 Å². The molecule has 2 aromatic heterocycles. The Kier molecular flexibility index (Phi) is 6.80. The Labute approximate surface area is 263 Å². The maximum absolute atomic E-state index is 14.3. The van der Waals surface area contributed by atoms with Gasteiger partial charge in [0.2, 0.25) is 0 Å². The van der Waals surface area contributed by atoms with Gasteiger partial charge in [-0.1, -0.05) is 97.1 Å². The molecule has 0 bridgehead atoms. The third-order valence-electron chi connectivity index (χ3n) is 7.95. The monoisotopic (exact) mass is 598 g/mol. The van der Waals surface area contributed by atoms with Gasteiger partial charge in [0.15, 0.2) is 0 Å². The van der Waals surface area contributed by atoms with Crippen molar-refractivity contribution >= 4 is 22.1 Å². The van der Waals surface area contributed by atoms with E-state index in [0.717, 1.165) is 27.8 Å². The molecule has 6 heteroatoms. The summed E-state index contributed by atoms with van der Waals surface area (Å²) in [5, 5.41) is 0. The number of nitrogens with zero attached hydrogens (tertiary/aromatic N) is 4. The molecule has 0 aliphatic rings. The number of aromatic nitrogens is 4. The van der Waals surface area contributed by atoms with Crippen LogP contribution in [0.2, 0.25) is 0 Å². The van der Waals surface area contributed by atoms with Gasteiger partial charge < -0.3 is 0 Å². The minimum absolute atomic E-state index is 0.329. The number of benzene rings is 6. The van der Waals surface area contributed by atoms with E-state index in [0.29, 0.717) is 50.5 Å². The molecule has 8 aromatic rings. The highest BCUT2D eigenvalue weighted by molar-refractivity contribution is 5.92. The molecule has 0 fully saturated rings. The van der Waals surface area contributed by atoms with Gasteiger partial charge in [-0.25, -0.2) is 28.7 Å². The predicted molar refractivity (Wildman–Crippen MR) is 180 cm³/mol. The van der Waals surface area contributed by atoms with E-state index in [1.54, 1.807) is 12.1 Å². The molecular formula is C40H24F2N4. The Bertz CT molecular complexity index is 2390. The summed E-state index contributed by atoms with van der Waals surface area (Å²) < 4.78 is 28.5. The van der Waals surface area contributed by atoms with E-state index in [2.05, 4.69) is 0 Å². The molecule has 46 heavy (non-hydrogen) atoms. The molecule has 8 rings (SSSR count). The van der Waals surface area contributed by atoms with Gasteiger partial charge in [0.25, 0.3) is 0 Å². The zero-order valence-electron chi connectivity index (χ0n) is 24.4. The molecule has 0 spiro atoms. The third kappa shape index (κ3) is 5.16. The molecule has 6 aromatic carbocycles. The van der Waals surface area contributed by atoms with Crippen LogP contribution in [0.1, 0.15) is 0 Å². The molecule has 0 atom stereocenters. The second-order valence-electron chi connectivity index (χ2n) is 11.0. The van der Waals surface area contributed by atoms with Crippen molar-refractivity contribution in [3.05, 3.63) is 157 Å². The summed E-state index contributed by atoms with van der Waals surface area (Å²) in [4.78, 5) is 20.0. The molecule has 0 radical (unpaired) electrons. The third-order valence-corrected chi connectivity index (χ3v) is 7.95. The van der Waals surface area contributed by atoms with Crippen LogP contribution >= 0.6 is 0 Å². The molecule has 0 aliphatic carbocycles. The second kappa shape index (κ2) is 11.4. The van der Waals surface area contributed by atoms with Crippen LogP contribution in [-0.4, -0.2) is 19.9 Å². The summed E-state index contributed by atoms with van der Waals surface area (Å²) in [5.74, 6) is -0.663. The van der Waals surface area contributed by atoms with E-state index in [4.69, 9.17) is 19.9 Å². The summed E-state index contributed by atoms with van der Waals surface area (Å²) in [5.41, 5.74) is 10.4. The summed E-state index contributed by atoms with van der Waals surface area (Å²) in [6.45, 7) is 0. The lowest BCUT2D eigenvalue weighted by atomic mass is 10.0. The van der Waals surface area contributed by atoms with E-state index in [-0.39, 0.29) is 11.6 Å². The average molecular weight is 599 g/mol. The van der Waals surface area contributed by atoms with Gasteiger partial charge in [0.1, 0.15) is 11.6 Å². The molecule has 0 unspecified atom stereocenters. The standard InChI is InChI=1S/C40H24F2N4/c41-31-15-7-13-29(21-31)39-38(26-11-5-2-6-12-26)45-35-23-27(18-20-34(35)44-39)28-17-19-33-36(24-28)46-40(30-14-8-16-32(42)22-30)37(43-33)25-9-3-1-4-10-25/h1-24H. The van der Waals surface area contributed by atoms with Crippen molar-refractivity contribution in [2.24, 2.45) is 0 Å². The van der Waals surface area contributed by atoms with Gasteiger partial charge >= 0.3 is 0 Å². The van der Waals surface area contributed by atoms with Crippen LogP contribution < -0.4 is 0 Å². The number of rotatable bonds is 5. The first-order valence-electron chi connectivity index (χ1n) is 14.9. The Morgan fingerprint density at radius 3 is 1.07 bits per heavy atom. The molecule has 0 amide bonds. The SMILES string of the molecule is Fc1cccc(-c2nc3ccc(-c4ccc5nc(-c6ccccc6)c(-c6cccc(F)c6)nc5c4)cc3nc2-c2ccccc2)c1. The first-order valence-corrected chi connectivity index (χ1v) is 14.9. The van der Waals surface area contributed by atoms with Crippen LogP contribution in [-0.2, 0) is 0 Å². The molecule has 0 aliphatic heterocycles. The molecular weight excluding hydrogens is 574 g/mol. The zero-order valence-corrected chi connectivity index (χ0v) is 24.4. The van der Waals surface area contributed by atoms with Crippen LogP contribution in [0.4, 0.5) is 8.78 Å². The summed E-state index contributed by atoms with van der Waals surface area (Å²) in [6.07, 6.45) is 0. The van der Waals surface area contributed by atoms with Gasteiger partial charge in [0.05, 0.1) is 44.8 Å². The molecule has 0 saturated carbocycles. The van der Waals surface area contributed by atoms with Crippen LogP contribution in [0.3, 0.4) is 0 Å². The van der Waals surface area contributed by atoms with Gasteiger partial charge in [-0.05, 0) is 59.7 Å². The molecule has 218 valence electrons. The number of halogens is 2. The Morgan fingerprint density at radius 1 is 0.283 bits per heavy atom. The number of hydrogen-bond donors (Lipinski definition) is 0. The lowest BCUT2D eigenvalue weighted by Crippen LogP contribution is -1.97. The topological polar surface area (TPSA) is 51.6 Å². The number of hydrogen-bond acceptors (Lipinski definition) is 4.